The summed E-state index contributed by atoms with van der Waals surface area (Å²) >= 11 is 0. The second kappa shape index (κ2) is 7.38. The van der Waals surface area contributed by atoms with Crippen LogP contribution < -0.4 is 5.73 Å². The topological polar surface area (TPSA) is 80.4 Å². The lowest BCUT2D eigenvalue weighted by Gasteiger charge is -2.21. The van der Waals surface area contributed by atoms with Crippen molar-refractivity contribution in [3.05, 3.63) is 29.8 Å². The maximum atomic E-state index is 12.6. The Labute approximate surface area is 130 Å². The van der Waals surface area contributed by atoms with Crippen molar-refractivity contribution in [2.24, 2.45) is 11.7 Å². The molecule has 5 heteroatoms. The van der Waals surface area contributed by atoms with Gasteiger partial charge in [0.15, 0.2) is 9.84 Å². The van der Waals surface area contributed by atoms with Crippen LogP contribution >= 0.6 is 0 Å². The Hall–Kier alpha value is -0.910. The zero-order valence-electron chi connectivity index (χ0n) is 14.2. The first-order valence-electron chi connectivity index (χ1n) is 8.47. The van der Waals surface area contributed by atoms with Gasteiger partial charge in [0.05, 0.1) is 16.8 Å². The number of aliphatic hydroxyl groups excluding tert-OH is 1. The van der Waals surface area contributed by atoms with Crippen molar-refractivity contribution in [1.82, 2.24) is 0 Å². The van der Waals surface area contributed by atoms with Crippen LogP contribution in [0.2, 0.25) is 0 Å². The number of hydrogen-bond donors (Lipinski definition) is 2. The van der Waals surface area contributed by atoms with Gasteiger partial charge in [0, 0.05) is 2.74 Å². The second-order valence-corrected chi connectivity index (χ2v) is 7.70. The summed E-state index contributed by atoms with van der Waals surface area (Å²) in [4.78, 5) is 0.146. The number of rotatable bonds is 6. The highest BCUT2D eigenvalue weighted by molar-refractivity contribution is 7.91. The molecule has 1 saturated carbocycles. The second-order valence-electron chi connectivity index (χ2n) is 5.67. The molecule has 1 atom stereocenters. The molecule has 1 fully saturated rings. The Bertz CT molecular complexity index is 628. The van der Waals surface area contributed by atoms with Gasteiger partial charge in [-0.3, -0.25) is 0 Å². The van der Waals surface area contributed by atoms with Crippen LogP contribution in [0.15, 0.2) is 29.2 Å². The molecule has 1 aromatic carbocycles. The van der Waals surface area contributed by atoms with Crippen LogP contribution in [0.3, 0.4) is 0 Å². The molecule has 0 aromatic heterocycles. The van der Waals surface area contributed by atoms with E-state index in [1.807, 2.05) is 0 Å². The normalized spacial score (nSPS) is 20.7. The van der Waals surface area contributed by atoms with Crippen LogP contribution in [-0.4, -0.2) is 25.8 Å². The van der Waals surface area contributed by atoms with Gasteiger partial charge in [-0.2, -0.15) is 0 Å². The van der Waals surface area contributed by atoms with Crippen molar-refractivity contribution in [3.8, 4) is 0 Å². The van der Waals surface area contributed by atoms with E-state index in [0.717, 1.165) is 25.7 Å². The highest BCUT2D eigenvalue weighted by atomic mass is 32.2. The van der Waals surface area contributed by atoms with Crippen molar-refractivity contribution < 1.29 is 16.3 Å². The third kappa shape index (κ3) is 4.53. The fourth-order valence-corrected chi connectivity index (χ4v) is 4.62. The van der Waals surface area contributed by atoms with E-state index >= 15 is 0 Å². The van der Waals surface area contributed by atoms with Gasteiger partial charge < -0.3 is 10.8 Å². The van der Waals surface area contributed by atoms with Crippen molar-refractivity contribution in [1.29, 1.82) is 0 Å². The molecule has 1 aromatic rings. The van der Waals surface area contributed by atoms with E-state index in [-0.39, 0.29) is 28.7 Å². The summed E-state index contributed by atoms with van der Waals surface area (Å²) in [6, 6.07) is 5.94. The van der Waals surface area contributed by atoms with Gasteiger partial charge in [0.2, 0.25) is 0 Å². The maximum Gasteiger partial charge on any atom is 0.178 e. The van der Waals surface area contributed by atoms with Crippen molar-refractivity contribution in [3.63, 3.8) is 0 Å². The van der Waals surface area contributed by atoms with Crippen LogP contribution in [0, 0.1) is 5.92 Å². The molecule has 0 aliphatic heterocycles. The minimum Gasteiger partial charge on any atom is -0.388 e. The summed E-state index contributed by atoms with van der Waals surface area (Å²) in [5.74, 6) is 0.314. The number of nitrogens with two attached hydrogens (primary N) is 1. The predicted molar refractivity (Wildman–Crippen MR) is 83.7 cm³/mol. The minimum atomic E-state index is -3.43. The number of sulfone groups is 1. The van der Waals surface area contributed by atoms with Gasteiger partial charge in [-0.1, -0.05) is 31.4 Å². The molecule has 0 bridgehead atoms. The number of hydrogen-bond acceptors (Lipinski definition) is 4. The Kier molecular flexibility index (Phi) is 4.83. The molecule has 4 nitrogen and oxygen atoms in total. The first-order chi connectivity index (χ1) is 10.8. The molecular weight excluding hydrogens is 286 g/mol. The van der Waals surface area contributed by atoms with Gasteiger partial charge in [-0.15, -0.1) is 0 Å². The summed E-state index contributed by atoms with van der Waals surface area (Å²) in [5, 5.41) is 10.1. The Morgan fingerprint density at radius 2 is 2.05 bits per heavy atom. The van der Waals surface area contributed by atoms with Crippen molar-refractivity contribution in [2.45, 2.75) is 49.5 Å². The van der Waals surface area contributed by atoms with Crippen molar-refractivity contribution in [2.75, 3.05) is 12.3 Å². The summed E-state index contributed by atoms with van der Waals surface area (Å²) in [7, 11) is -3.43. The Morgan fingerprint density at radius 1 is 1.33 bits per heavy atom. The molecule has 1 unspecified atom stereocenters. The summed E-state index contributed by atoms with van der Waals surface area (Å²) in [5.41, 5.74) is 5.58. The van der Waals surface area contributed by atoms with Gasteiger partial charge in [0.1, 0.15) is 0 Å². The largest absolute Gasteiger partial charge is 0.388 e. The van der Waals surface area contributed by atoms with Crippen LogP contribution in [0.25, 0.3) is 0 Å². The third-order valence-corrected chi connectivity index (χ3v) is 5.91. The average molecular weight is 313 g/mol. The van der Waals surface area contributed by atoms with Crippen LogP contribution in [0.4, 0.5) is 0 Å². The molecule has 0 saturated heterocycles. The lowest BCUT2D eigenvalue weighted by atomic mass is 9.91. The summed E-state index contributed by atoms with van der Waals surface area (Å²) < 4.78 is 40.6. The molecule has 0 heterocycles. The standard InChI is InChI=1S/C16H25NO3S/c17-10-9-16(18)14-7-4-8-15(11-14)21(19,20)12-13-5-2-1-3-6-13/h4,7-8,11,13,16,18H,1-3,5-6,9-10,12,17H2/i9D2. The molecule has 0 spiro atoms. The highest BCUT2D eigenvalue weighted by Crippen LogP contribution is 2.28. The van der Waals surface area contributed by atoms with E-state index in [0.29, 0.717) is 0 Å². The lowest BCUT2D eigenvalue weighted by molar-refractivity contribution is 0.170. The van der Waals surface area contributed by atoms with Crippen molar-refractivity contribution >= 4 is 9.84 Å². The maximum absolute atomic E-state index is 12.6. The fourth-order valence-electron chi connectivity index (χ4n) is 2.87. The van der Waals surface area contributed by atoms with E-state index in [1.54, 1.807) is 6.07 Å². The number of aliphatic hydroxyl groups is 1. The third-order valence-electron chi connectivity index (χ3n) is 4.02. The quantitative estimate of drug-likeness (QED) is 0.845. The SMILES string of the molecule is [2H]C([2H])(CN)C(O)c1cccc(S(=O)(=O)CC2CCCCC2)c1. The Balaban J connectivity index is 2.21. The van der Waals surface area contributed by atoms with Gasteiger partial charge >= 0.3 is 0 Å². The van der Waals surface area contributed by atoms with Crippen LogP contribution in [0.1, 0.15) is 52.9 Å². The molecular formula is C16H25NO3S. The van der Waals surface area contributed by atoms with E-state index in [1.165, 1.54) is 24.6 Å². The molecule has 21 heavy (non-hydrogen) atoms. The monoisotopic (exact) mass is 313 g/mol. The van der Waals surface area contributed by atoms with E-state index in [4.69, 9.17) is 8.48 Å². The average Bonchev–Trinajstić information content (AvgIpc) is 2.55. The zero-order valence-corrected chi connectivity index (χ0v) is 13.0. The first-order valence-corrected chi connectivity index (χ1v) is 9.12. The number of benzene rings is 1. The fraction of sp³-hybridized carbons (Fsp3) is 0.625. The molecule has 118 valence electrons. The molecule has 1 aliphatic carbocycles. The first kappa shape index (κ1) is 13.7. The molecule has 0 amide bonds. The Morgan fingerprint density at radius 3 is 2.71 bits per heavy atom. The predicted octanol–water partition coefficient (Wildman–Crippen LogP) is 2.42. The minimum absolute atomic E-state index is 0.121. The molecule has 0 radical (unpaired) electrons. The van der Waals surface area contributed by atoms with E-state index in [2.05, 4.69) is 0 Å². The van der Waals surface area contributed by atoms with Gasteiger partial charge in [0.25, 0.3) is 0 Å². The molecule has 1 aliphatic rings. The summed E-state index contributed by atoms with van der Waals surface area (Å²) in [6.07, 6.45) is 1.77. The van der Waals surface area contributed by atoms with Gasteiger partial charge in [-0.05, 0) is 49.4 Å². The van der Waals surface area contributed by atoms with Gasteiger partial charge in [-0.25, -0.2) is 8.42 Å². The van der Waals surface area contributed by atoms with Crippen LogP contribution in [-0.2, 0) is 9.84 Å². The molecule has 2 rings (SSSR count). The van der Waals surface area contributed by atoms with E-state index < -0.39 is 22.3 Å². The smallest absolute Gasteiger partial charge is 0.178 e. The van der Waals surface area contributed by atoms with Crippen LogP contribution in [0.5, 0.6) is 0 Å². The summed E-state index contributed by atoms with van der Waals surface area (Å²) in [6.45, 7) is -0.340. The highest BCUT2D eigenvalue weighted by Gasteiger charge is 2.23. The zero-order chi connectivity index (χ0) is 17.1. The molecule has 3 N–H and O–H groups in total. The lowest BCUT2D eigenvalue weighted by Crippen LogP contribution is -2.19. The van der Waals surface area contributed by atoms with E-state index in [9.17, 15) is 13.5 Å².